The fourth-order valence-electron chi connectivity index (χ4n) is 3.26. The quantitative estimate of drug-likeness (QED) is 0.441. The highest BCUT2D eigenvalue weighted by Crippen LogP contribution is 2.26. The van der Waals surface area contributed by atoms with Gasteiger partial charge in [-0.25, -0.2) is 13.4 Å². The van der Waals surface area contributed by atoms with Crippen molar-refractivity contribution in [3.05, 3.63) is 65.5 Å². The zero-order chi connectivity index (χ0) is 23.3. The topological polar surface area (TPSA) is 93.1 Å². The van der Waals surface area contributed by atoms with E-state index in [1.165, 1.54) is 17.3 Å². The van der Waals surface area contributed by atoms with E-state index >= 15 is 0 Å². The van der Waals surface area contributed by atoms with Crippen LogP contribution in [0.25, 0.3) is 5.69 Å². The Labute approximate surface area is 193 Å². The molecule has 1 heterocycles. The number of amides is 1. The van der Waals surface area contributed by atoms with Crippen LogP contribution in [0.3, 0.4) is 0 Å². The third-order valence-corrected chi connectivity index (χ3v) is 7.56. The second kappa shape index (κ2) is 10.2. The van der Waals surface area contributed by atoms with Crippen molar-refractivity contribution in [3.8, 4) is 5.69 Å². The highest BCUT2D eigenvalue weighted by molar-refractivity contribution is 7.99. The Hall–Kier alpha value is -2.78. The van der Waals surface area contributed by atoms with E-state index in [9.17, 15) is 13.2 Å². The van der Waals surface area contributed by atoms with E-state index in [0.29, 0.717) is 23.4 Å². The molecule has 1 amide bonds. The van der Waals surface area contributed by atoms with Gasteiger partial charge in [0.25, 0.3) is 0 Å². The first-order chi connectivity index (χ1) is 15.2. The zero-order valence-electron chi connectivity index (χ0n) is 18.7. The summed E-state index contributed by atoms with van der Waals surface area (Å²) >= 11 is 1.35. The molecule has 170 valence electrons. The van der Waals surface area contributed by atoms with Gasteiger partial charge >= 0.3 is 0 Å². The van der Waals surface area contributed by atoms with Gasteiger partial charge in [-0.3, -0.25) is 14.1 Å². The van der Waals surface area contributed by atoms with Crippen molar-refractivity contribution in [1.82, 2.24) is 9.55 Å². The smallest absolute Gasteiger partial charge is 0.234 e. The number of hydrogen-bond acceptors (Lipinski definition) is 5. The first-order valence-electron chi connectivity index (χ1n) is 10.3. The molecule has 0 bridgehead atoms. The summed E-state index contributed by atoms with van der Waals surface area (Å²) in [6.45, 7) is 7.72. The Bertz CT molecular complexity index is 1220. The lowest BCUT2D eigenvalue weighted by atomic mass is 10.1. The van der Waals surface area contributed by atoms with Gasteiger partial charge in [-0.1, -0.05) is 36.9 Å². The molecule has 0 saturated heterocycles. The van der Waals surface area contributed by atoms with E-state index in [-0.39, 0.29) is 17.4 Å². The molecule has 0 atom stereocenters. The Morgan fingerprint density at radius 3 is 2.53 bits per heavy atom. The van der Waals surface area contributed by atoms with Gasteiger partial charge < -0.3 is 5.32 Å². The predicted octanol–water partition coefficient (Wildman–Crippen LogP) is 4.68. The normalized spacial score (nSPS) is 11.4. The SMILES string of the molecule is CCCS(=O)(=O)Nc1cccc(NC(=O)CSc2nccn2-c2cccc(C)c2C)c1C. The second-order valence-electron chi connectivity index (χ2n) is 7.53. The van der Waals surface area contributed by atoms with Crippen LogP contribution in [0.5, 0.6) is 0 Å². The van der Waals surface area contributed by atoms with Crippen LogP contribution in [0.2, 0.25) is 0 Å². The third-order valence-electron chi connectivity index (χ3n) is 5.12. The van der Waals surface area contributed by atoms with Crippen LogP contribution >= 0.6 is 11.8 Å². The van der Waals surface area contributed by atoms with Crippen molar-refractivity contribution < 1.29 is 13.2 Å². The summed E-state index contributed by atoms with van der Waals surface area (Å²) < 4.78 is 28.8. The number of anilines is 2. The second-order valence-corrected chi connectivity index (χ2v) is 10.3. The lowest BCUT2D eigenvalue weighted by Gasteiger charge is -2.14. The molecule has 2 N–H and O–H groups in total. The number of aryl methyl sites for hydroxylation is 1. The van der Waals surface area contributed by atoms with Crippen LogP contribution in [0.1, 0.15) is 30.0 Å². The summed E-state index contributed by atoms with van der Waals surface area (Å²) in [7, 11) is -3.41. The Morgan fingerprint density at radius 1 is 1.06 bits per heavy atom. The number of sulfonamides is 1. The molecule has 0 spiro atoms. The average molecular weight is 473 g/mol. The van der Waals surface area contributed by atoms with E-state index in [0.717, 1.165) is 16.4 Å². The Morgan fingerprint density at radius 2 is 1.78 bits per heavy atom. The summed E-state index contributed by atoms with van der Waals surface area (Å²) in [5.41, 5.74) is 5.10. The number of benzene rings is 2. The zero-order valence-corrected chi connectivity index (χ0v) is 20.3. The van der Waals surface area contributed by atoms with Crippen LogP contribution in [0.4, 0.5) is 11.4 Å². The van der Waals surface area contributed by atoms with E-state index in [1.807, 2.05) is 29.8 Å². The molecule has 0 saturated carbocycles. The van der Waals surface area contributed by atoms with Crippen LogP contribution < -0.4 is 10.0 Å². The van der Waals surface area contributed by atoms with Gasteiger partial charge in [0, 0.05) is 18.1 Å². The van der Waals surface area contributed by atoms with Gasteiger partial charge in [-0.15, -0.1) is 0 Å². The van der Waals surface area contributed by atoms with E-state index in [4.69, 9.17) is 0 Å². The monoisotopic (exact) mass is 472 g/mol. The van der Waals surface area contributed by atoms with Gasteiger partial charge in [-0.2, -0.15) is 0 Å². The number of nitrogens with zero attached hydrogens (tertiary/aromatic N) is 2. The standard InChI is InChI=1S/C23H28N4O3S2/c1-5-14-32(29,30)26-20-10-7-9-19(18(20)4)25-22(28)15-31-23-24-12-13-27(23)21-11-6-8-16(2)17(21)3/h6-13,26H,5,14-15H2,1-4H3,(H,25,28). The van der Waals surface area contributed by atoms with Gasteiger partial charge in [0.05, 0.1) is 22.9 Å². The minimum absolute atomic E-state index is 0.0483. The lowest BCUT2D eigenvalue weighted by Crippen LogP contribution is -2.18. The number of carbonyl (C=O) groups excluding carboxylic acids is 1. The number of imidazole rings is 1. The molecule has 1 aromatic heterocycles. The summed E-state index contributed by atoms with van der Waals surface area (Å²) in [6, 6.07) is 11.3. The number of nitrogens with one attached hydrogen (secondary N) is 2. The van der Waals surface area contributed by atoms with Gasteiger partial charge in [0.2, 0.25) is 15.9 Å². The van der Waals surface area contributed by atoms with Gasteiger partial charge in [0.15, 0.2) is 5.16 Å². The molecule has 32 heavy (non-hydrogen) atoms. The molecular weight excluding hydrogens is 444 g/mol. The first kappa shape index (κ1) is 23.9. The van der Waals surface area contributed by atoms with Gasteiger partial charge in [0.1, 0.15) is 0 Å². The highest BCUT2D eigenvalue weighted by Gasteiger charge is 2.15. The van der Waals surface area contributed by atoms with E-state index < -0.39 is 10.0 Å². The molecule has 0 aliphatic rings. The summed E-state index contributed by atoms with van der Waals surface area (Å²) in [4.78, 5) is 17.0. The van der Waals surface area contributed by atoms with Crippen LogP contribution in [-0.4, -0.2) is 35.4 Å². The van der Waals surface area contributed by atoms with Crippen LogP contribution in [0.15, 0.2) is 53.9 Å². The molecule has 0 aliphatic carbocycles. The Balaban J connectivity index is 1.69. The maximum absolute atomic E-state index is 12.6. The molecule has 9 heteroatoms. The number of thioether (sulfide) groups is 1. The van der Waals surface area contributed by atoms with Crippen molar-refractivity contribution in [1.29, 1.82) is 0 Å². The molecule has 0 aliphatic heterocycles. The lowest BCUT2D eigenvalue weighted by molar-refractivity contribution is -0.113. The number of carbonyl (C=O) groups is 1. The number of hydrogen-bond donors (Lipinski definition) is 2. The third kappa shape index (κ3) is 5.72. The molecule has 2 aromatic carbocycles. The largest absolute Gasteiger partial charge is 0.325 e. The number of aromatic nitrogens is 2. The van der Waals surface area contributed by atoms with E-state index in [2.05, 4.69) is 34.9 Å². The number of rotatable bonds is 9. The summed E-state index contributed by atoms with van der Waals surface area (Å²) in [6.07, 6.45) is 4.13. The van der Waals surface area contributed by atoms with Crippen LogP contribution in [0, 0.1) is 20.8 Å². The van der Waals surface area contributed by atoms with Crippen molar-refractivity contribution in [3.63, 3.8) is 0 Å². The maximum Gasteiger partial charge on any atom is 0.234 e. The highest BCUT2D eigenvalue weighted by atomic mass is 32.2. The maximum atomic E-state index is 12.6. The molecule has 7 nitrogen and oxygen atoms in total. The van der Waals surface area contributed by atoms with Crippen molar-refractivity contribution >= 4 is 39.1 Å². The van der Waals surface area contributed by atoms with Gasteiger partial charge in [-0.05, 0) is 62.1 Å². The molecular formula is C23H28N4O3S2. The van der Waals surface area contributed by atoms with Crippen LogP contribution in [-0.2, 0) is 14.8 Å². The molecule has 0 unspecified atom stereocenters. The minimum Gasteiger partial charge on any atom is -0.325 e. The van der Waals surface area contributed by atoms with Crippen molar-refractivity contribution in [2.75, 3.05) is 21.5 Å². The van der Waals surface area contributed by atoms with Crippen molar-refractivity contribution in [2.24, 2.45) is 0 Å². The fourth-order valence-corrected chi connectivity index (χ4v) is 5.22. The summed E-state index contributed by atoms with van der Waals surface area (Å²) in [5.74, 6) is 0.0296. The van der Waals surface area contributed by atoms with Crippen molar-refractivity contribution in [2.45, 2.75) is 39.3 Å². The molecule has 3 aromatic rings. The first-order valence-corrected chi connectivity index (χ1v) is 13.0. The molecule has 0 radical (unpaired) electrons. The fraction of sp³-hybridized carbons (Fsp3) is 0.304. The predicted molar refractivity (Wildman–Crippen MR) is 131 cm³/mol. The molecule has 0 fully saturated rings. The minimum atomic E-state index is -3.41. The van der Waals surface area contributed by atoms with E-state index in [1.54, 1.807) is 31.3 Å². The summed E-state index contributed by atoms with van der Waals surface area (Å²) in [5, 5.41) is 3.61. The molecule has 3 rings (SSSR count). The Kier molecular flexibility index (Phi) is 7.63. The average Bonchev–Trinajstić information content (AvgIpc) is 3.19.